The van der Waals surface area contributed by atoms with E-state index in [-0.39, 0.29) is 29.5 Å². The second-order valence-corrected chi connectivity index (χ2v) is 11.1. The van der Waals surface area contributed by atoms with Crippen LogP contribution in [0.25, 0.3) is 10.8 Å². The highest BCUT2D eigenvalue weighted by Crippen LogP contribution is 2.65. The summed E-state index contributed by atoms with van der Waals surface area (Å²) < 4.78 is 27.2. The molecule has 12 heteroatoms. The van der Waals surface area contributed by atoms with Gasteiger partial charge in [-0.25, -0.2) is 0 Å². The highest BCUT2D eigenvalue weighted by atomic mass is 19.3. The average molecular weight is 531 g/mol. The number of hydrogen-bond donors (Lipinski definition) is 3. The first-order chi connectivity index (χ1) is 17.7. The van der Waals surface area contributed by atoms with Gasteiger partial charge < -0.3 is 21.3 Å². The molecule has 4 amide bonds. The number of rotatable bonds is 8. The van der Waals surface area contributed by atoms with Gasteiger partial charge in [0.05, 0.1) is 6.20 Å². The summed E-state index contributed by atoms with van der Waals surface area (Å²) in [6.07, 6.45) is 1.52. The minimum absolute atomic E-state index is 0.0114. The van der Waals surface area contributed by atoms with Crippen molar-refractivity contribution in [2.75, 3.05) is 6.54 Å². The summed E-state index contributed by atoms with van der Waals surface area (Å²) in [5, 5.41) is 14.1. The second kappa shape index (κ2) is 9.55. The van der Waals surface area contributed by atoms with E-state index in [0.29, 0.717) is 17.7 Å². The molecule has 0 spiro atoms. The molecule has 1 saturated heterocycles. The van der Waals surface area contributed by atoms with Crippen LogP contribution in [0.2, 0.25) is 0 Å². The van der Waals surface area contributed by atoms with Crippen LogP contribution in [0.15, 0.2) is 30.5 Å². The Labute approximate surface area is 218 Å². The molecule has 204 valence electrons. The topological polar surface area (TPSA) is 147 Å². The van der Waals surface area contributed by atoms with Crippen molar-refractivity contribution in [3.8, 4) is 0 Å². The number of piperidine rings is 1. The van der Waals surface area contributed by atoms with E-state index in [4.69, 9.17) is 5.73 Å². The molecule has 2 aromatic rings. The van der Waals surface area contributed by atoms with Crippen molar-refractivity contribution in [1.29, 1.82) is 0 Å². The number of nitrogens with zero attached hydrogens (tertiary/aromatic N) is 3. The van der Waals surface area contributed by atoms with E-state index < -0.39 is 53.6 Å². The Balaban J connectivity index is 1.63. The van der Waals surface area contributed by atoms with E-state index >= 15 is 0 Å². The van der Waals surface area contributed by atoms with Crippen molar-refractivity contribution in [2.24, 2.45) is 28.9 Å². The summed E-state index contributed by atoms with van der Waals surface area (Å²) in [4.78, 5) is 53.1. The van der Waals surface area contributed by atoms with E-state index in [0.717, 1.165) is 0 Å². The summed E-state index contributed by atoms with van der Waals surface area (Å²) in [5.74, 6) is -8.12. The molecule has 1 aliphatic carbocycles. The molecule has 10 nitrogen and oxygen atoms in total. The van der Waals surface area contributed by atoms with Gasteiger partial charge >= 0.3 is 5.92 Å². The standard InChI is InChI=1S/C26H32F2N6O4/c1-12(2)17(32-24(38)26(5,27)28)23(37)34-11-15-16(25(15,3)4)20(34)22(36)31-19(21(29)35)18-14-9-7-6-8-13(14)10-30-33-18/h6-10,12,15-17,19-20H,11H2,1-5H3,(H2,29,35)(H,31,36)(H,32,38)/t15-,16-,17-,19?,20-/m0/s1. The summed E-state index contributed by atoms with van der Waals surface area (Å²) >= 11 is 0. The zero-order valence-corrected chi connectivity index (χ0v) is 21.9. The first-order valence-corrected chi connectivity index (χ1v) is 12.5. The lowest BCUT2D eigenvalue weighted by Crippen LogP contribution is -2.59. The number of nitrogens with two attached hydrogens (primary N) is 1. The number of halogens is 2. The Morgan fingerprint density at radius 3 is 2.42 bits per heavy atom. The van der Waals surface area contributed by atoms with Crippen LogP contribution in [0.3, 0.4) is 0 Å². The van der Waals surface area contributed by atoms with Crippen LogP contribution < -0.4 is 16.4 Å². The summed E-state index contributed by atoms with van der Waals surface area (Å²) in [7, 11) is 0. The summed E-state index contributed by atoms with van der Waals surface area (Å²) in [5.41, 5.74) is 5.58. The van der Waals surface area contributed by atoms with Gasteiger partial charge in [0.2, 0.25) is 17.7 Å². The quantitative estimate of drug-likeness (QED) is 0.472. The van der Waals surface area contributed by atoms with Gasteiger partial charge in [-0.15, -0.1) is 0 Å². The molecule has 1 saturated carbocycles. The van der Waals surface area contributed by atoms with Crippen molar-refractivity contribution >= 4 is 34.4 Å². The predicted octanol–water partition coefficient (Wildman–Crippen LogP) is 1.55. The predicted molar refractivity (Wildman–Crippen MR) is 133 cm³/mol. The van der Waals surface area contributed by atoms with Crippen molar-refractivity contribution in [2.45, 2.75) is 58.7 Å². The molecule has 1 aromatic heterocycles. The minimum atomic E-state index is -3.67. The van der Waals surface area contributed by atoms with Crippen molar-refractivity contribution in [3.63, 3.8) is 0 Å². The van der Waals surface area contributed by atoms with Gasteiger partial charge in [-0.2, -0.15) is 19.0 Å². The average Bonchev–Trinajstić information content (AvgIpc) is 3.16. The molecular weight excluding hydrogens is 498 g/mol. The van der Waals surface area contributed by atoms with Gasteiger partial charge in [0.1, 0.15) is 17.8 Å². The number of carbonyl (C=O) groups excluding carboxylic acids is 4. The first kappa shape index (κ1) is 27.3. The molecule has 4 N–H and O–H groups in total. The van der Waals surface area contributed by atoms with Gasteiger partial charge in [0.15, 0.2) is 6.04 Å². The third-order valence-corrected chi connectivity index (χ3v) is 7.82. The maximum Gasteiger partial charge on any atom is 0.321 e. The zero-order valence-electron chi connectivity index (χ0n) is 21.9. The van der Waals surface area contributed by atoms with Crippen LogP contribution in [0, 0.1) is 23.2 Å². The number of carbonyl (C=O) groups is 4. The normalized spacial score (nSPS) is 23.5. The molecule has 38 heavy (non-hydrogen) atoms. The van der Waals surface area contributed by atoms with Crippen LogP contribution in [0.4, 0.5) is 8.78 Å². The molecule has 5 atom stereocenters. The fraction of sp³-hybridized carbons (Fsp3) is 0.538. The van der Waals surface area contributed by atoms with Gasteiger partial charge in [-0.05, 0) is 23.2 Å². The molecule has 4 rings (SSSR count). The third kappa shape index (κ3) is 4.79. The number of likely N-dealkylation sites (tertiary alicyclic amines) is 1. The lowest BCUT2D eigenvalue weighted by molar-refractivity contribution is -0.150. The van der Waals surface area contributed by atoms with E-state index in [1.165, 1.54) is 11.1 Å². The number of nitrogens with one attached hydrogen (secondary N) is 2. The smallest absolute Gasteiger partial charge is 0.321 e. The Kier molecular flexibility index (Phi) is 6.87. The lowest BCUT2D eigenvalue weighted by atomic mass is 9.96. The van der Waals surface area contributed by atoms with Crippen LogP contribution in [-0.2, 0) is 19.2 Å². The molecule has 2 aliphatic rings. The van der Waals surface area contributed by atoms with Crippen LogP contribution >= 0.6 is 0 Å². The Hall–Kier alpha value is -3.70. The molecular formula is C26H32F2N6O4. The molecule has 1 aliphatic heterocycles. The zero-order chi connectivity index (χ0) is 28.2. The Bertz CT molecular complexity index is 1290. The van der Waals surface area contributed by atoms with Crippen molar-refractivity contribution in [1.82, 2.24) is 25.7 Å². The highest BCUT2D eigenvalue weighted by molar-refractivity contribution is 5.97. The Morgan fingerprint density at radius 1 is 1.16 bits per heavy atom. The SMILES string of the molecule is CC(C)[C@H](NC(=O)C(C)(F)F)C(=O)N1C[C@H]2[C@@H]([C@H]1C(=O)NC(C(N)=O)c1nncc3ccccc13)C2(C)C. The third-order valence-electron chi connectivity index (χ3n) is 7.82. The molecule has 1 unspecified atom stereocenters. The maximum atomic E-state index is 13.7. The molecule has 2 heterocycles. The number of alkyl halides is 2. The summed E-state index contributed by atoms with van der Waals surface area (Å²) in [6.45, 7) is 7.86. The highest BCUT2D eigenvalue weighted by Gasteiger charge is 2.69. The fourth-order valence-electron chi connectivity index (χ4n) is 5.54. The number of aromatic nitrogens is 2. The van der Waals surface area contributed by atoms with Crippen molar-refractivity contribution < 1.29 is 28.0 Å². The molecule has 0 radical (unpaired) electrons. The van der Waals surface area contributed by atoms with Crippen LogP contribution in [0.1, 0.15) is 46.4 Å². The number of primary amides is 1. The van der Waals surface area contributed by atoms with Gasteiger partial charge in [-0.1, -0.05) is 52.0 Å². The minimum Gasteiger partial charge on any atom is -0.368 e. The van der Waals surface area contributed by atoms with E-state index in [1.807, 2.05) is 13.8 Å². The number of fused-ring (bicyclic) bond motifs is 2. The van der Waals surface area contributed by atoms with Gasteiger partial charge in [-0.3, -0.25) is 19.2 Å². The fourth-order valence-corrected chi connectivity index (χ4v) is 5.54. The molecule has 2 fully saturated rings. The first-order valence-electron chi connectivity index (χ1n) is 12.5. The number of amides is 4. The van der Waals surface area contributed by atoms with Crippen molar-refractivity contribution in [3.05, 3.63) is 36.2 Å². The van der Waals surface area contributed by atoms with Gasteiger partial charge in [0.25, 0.3) is 5.91 Å². The van der Waals surface area contributed by atoms with E-state index in [2.05, 4.69) is 20.8 Å². The lowest BCUT2D eigenvalue weighted by Gasteiger charge is -2.35. The summed E-state index contributed by atoms with van der Waals surface area (Å²) in [6, 6.07) is 3.48. The Morgan fingerprint density at radius 2 is 1.82 bits per heavy atom. The number of benzene rings is 1. The monoisotopic (exact) mass is 530 g/mol. The van der Waals surface area contributed by atoms with Crippen LogP contribution in [0.5, 0.6) is 0 Å². The van der Waals surface area contributed by atoms with Gasteiger partial charge in [0, 0.05) is 24.2 Å². The number of hydrogen-bond acceptors (Lipinski definition) is 6. The molecule has 1 aromatic carbocycles. The van der Waals surface area contributed by atoms with Crippen LogP contribution in [-0.4, -0.2) is 63.3 Å². The maximum absolute atomic E-state index is 13.7. The second-order valence-electron chi connectivity index (χ2n) is 11.1. The van der Waals surface area contributed by atoms with E-state index in [1.54, 1.807) is 38.1 Å². The van der Waals surface area contributed by atoms with E-state index in [9.17, 15) is 28.0 Å². The largest absolute Gasteiger partial charge is 0.368 e. The molecule has 0 bridgehead atoms.